The first-order chi connectivity index (χ1) is 62.4. The molecule has 2 atom stereocenters. The predicted octanol–water partition coefficient (Wildman–Crippen LogP) is 33.3. The quantitative estimate of drug-likeness (QED) is 0.171. The van der Waals surface area contributed by atoms with Crippen LogP contribution in [0.4, 0.5) is 28.4 Å². The van der Waals surface area contributed by atoms with Gasteiger partial charge in [-0.3, -0.25) is 0 Å². The summed E-state index contributed by atoms with van der Waals surface area (Å²) in [5.41, 5.74) is 53.0. The second kappa shape index (κ2) is 27.5. The van der Waals surface area contributed by atoms with E-state index in [9.17, 15) is 0 Å². The summed E-state index contributed by atoms with van der Waals surface area (Å²) in [6.07, 6.45) is 0. The third-order valence-electron chi connectivity index (χ3n) is 29.6. The Balaban J connectivity index is 0.000000112. The van der Waals surface area contributed by atoms with Crippen LogP contribution < -0.4 is 10.2 Å². The number of nitrogens with one attached hydrogen (secondary N) is 1. The number of anilines is 5. The normalized spacial score (nSPS) is 15.8. The van der Waals surface area contributed by atoms with Gasteiger partial charge in [0.25, 0.3) is 0 Å². The summed E-state index contributed by atoms with van der Waals surface area (Å²) in [5.74, 6) is 0. The maximum absolute atomic E-state index is 3.82. The lowest BCUT2D eigenvalue weighted by atomic mass is 9.70. The second-order valence-corrected chi connectivity index (χ2v) is 37.4. The number of halogens is 1. The first-order valence-electron chi connectivity index (χ1n) is 44.5. The average molecular weight is 1680 g/mol. The third-order valence-corrected chi connectivity index (χ3v) is 30.1. The lowest BCUT2D eigenvalue weighted by Gasteiger charge is -2.33. The van der Waals surface area contributed by atoms with E-state index in [1.54, 1.807) is 0 Å². The molecule has 28 rings (SSSR count). The molecule has 0 aliphatic heterocycles. The fraction of sp³-hybridized carbons (Fsp3) is 0.0645. The van der Waals surface area contributed by atoms with Crippen molar-refractivity contribution in [1.29, 1.82) is 0 Å². The molecule has 0 radical (unpaired) electrons. The van der Waals surface area contributed by atoms with Gasteiger partial charge in [0.15, 0.2) is 0 Å². The van der Waals surface area contributed by atoms with Gasteiger partial charge in [-0.25, -0.2) is 0 Å². The molecule has 2 spiro atoms. The minimum Gasteiger partial charge on any atom is -0.356 e. The van der Waals surface area contributed by atoms with Crippen LogP contribution in [-0.2, 0) is 21.7 Å². The molecule has 0 saturated heterocycles. The molecule has 0 aromatic heterocycles. The Bertz CT molecular complexity index is 8110. The third kappa shape index (κ3) is 10.3. The summed E-state index contributed by atoms with van der Waals surface area (Å²) in [6, 6.07) is 158. The fourth-order valence-corrected chi connectivity index (χ4v) is 24.5. The molecule has 0 heterocycles. The molecule has 0 saturated carbocycles. The van der Waals surface area contributed by atoms with Gasteiger partial charge in [0, 0.05) is 43.7 Å². The zero-order valence-electron chi connectivity index (χ0n) is 70.7. The van der Waals surface area contributed by atoms with Gasteiger partial charge >= 0.3 is 0 Å². The van der Waals surface area contributed by atoms with Gasteiger partial charge in [-0.05, 0) is 307 Å². The standard InChI is InChI=1S/C62H41N.C35H19Br.C27H23N/c1-61(2)53-24-11-8-19-45(53)47-33-31-41(35-56(47)61)63(40-29-27-39(28-30-40)38-15-4-3-5-16-38)42-32-34-48-46-20-9-12-25-54(46)62(57(48)36-42)55-26-13-10-21-50(55)60-51-23-14-22-49-43-17-6-7-18-44(43)52(59(49)51)37-58(60)62;36-20-16-17-24-23-10-3-5-14-29(23)35(31(24)18-20)30-15-6-4-11-26(30)34-27-13-7-12-25-21-8-1-2-9-22(21)28(33(25)27)19-32(34)35;1-27(2)25-11-7-6-10-23(25)24-17-16-22(18-26(24)27)28-21-14-12-20(13-15-21)19-8-4-3-5-9-19/h3-37H,1-2H3;1-19H;3-18,28H,1-2H3. The largest absolute Gasteiger partial charge is 0.356 e. The van der Waals surface area contributed by atoms with E-state index >= 15 is 0 Å². The van der Waals surface area contributed by atoms with Crippen molar-refractivity contribution in [2.24, 2.45) is 0 Å². The minimum atomic E-state index is -0.517. The van der Waals surface area contributed by atoms with E-state index in [1.165, 1.54) is 222 Å². The van der Waals surface area contributed by atoms with Gasteiger partial charge in [0.1, 0.15) is 0 Å². The topological polar surface area (TPSA) is 15.3 Å². The highest BCUT2D eigenvalue weighted by molar-refractivity contribution is 9.10. The molecule has 0 fully saturated rings. The zero-order valence-corrected chi connectivity index (χ0v) is 72.3. The molecule has 20 aromatic rings. The number of fused-ring (bicyclic) bond motifs is 34. The number of benzene rings is 20. The molecule has 596 valence electrons. The maximum atomic E-state index is 3.82. The summed E-state index contributed by atoms with van der Waals surface area (Å²) < 4.78 is 1.12. The number of nitrogens with zero attached hydrogens (tertiary/aromatic N) is 1. The van der Waals surface area contributed by atoms with Crippen molar-refractivity contribution >= 4 is 65.9 Å². The van der Waals surface area contributed by atoms with Crippen LogP contribution in [0.15, 0.2) is 429 Å². The zero-order chi connectivity index (χ0) is 84.3. The van der Waals surface area contributed by atoms with E-state index in [1.807, 2.05) is 6.07 Å². The molecular weight excluding hydrogens is 1600 g/mol. The fourth-order valence-electron chi connectivity index (χ4n) is 24.1. The molecule has 20 aromatic carbocycles. The Labute approximate surface area is 749 Å². The molecule has 2 nitrogen and oxygen atoms in total. The molecule has 1 N–H and O–H groups in total. The van der Waals surface area contributed by atoms with Gasteiger partial charge < -0.3 is 10.2 Å². The summed E-state index contributed by atoms with van der Waals surface area (Å²) in [6.45, 7) is 9.39. The van der Waals surface area contributed by atoms with E-state index in [0.717, 1.165) is 32.9 Å². The average Bonchev–Trinajstić information content (AvgIpc) is 1.50. The van der Waals surface area contributed by atoms with Crippen molar-refractivity contribution in [2.75, 3.05) is 10.2 Å². The highest BCUT2D eigenvalue weighted by atomic mass is 79.9. The van der Waals surface area contributed by atoms with Crippen molar-refractivity contribution in [3.63, 3.8) is 0 Å². The minimum absolute atomic E-state index is 0.0286. The van der Waals surface area contributed by atoms with Crippen molar-refractivity contribution in [3.05, 3.63) is 496 Å². The van der Waals surface area contributed by atoms with Gasteiger partial charge in [0.05, 0.1) is 10.8 Å². The molecule has 0 amide bonds. The van der Waals surface area contributed by atoms with Gasteiger partial charge in [-0.15, -0.1) is 0 Å². The Hall–Kier alpha value is -15.0. The molecule has 0 bridgehead atoms. The Kier molecular flexibility index (Phi) is 15.9. The van der Waals surface area contributed by atoms with Crippen molar-refractivity contribution in [2.45, 2.75) is 49.4 Å². The first-order valence-corrected chi connectivity index (χ1v) is 45.3. The van der Waals surface area contributed by atoms with Gasteiger partial charge in [0.2, 0.25) is 0 Å². The van der Waals surface area contributed by atoms with Gasteiger partial charge in [-0.2, -0.15) is 0 Å². The van der Waals surface area contributed by atoms with E-state index < -0.39 is 5.41 Å². The molecule has 8 aliphatic carbocycles. The second-order valence-electron chi connectivity index (χ2n) is 36.5. The van der Waals surface area contributed by atoms with E-state index in [0.29, 0.717) is 0 Å². The van der Waals surface area contributed by atoms with Gasteiger partial charge in [-0.1, -0.05) is 383 Å². The summed E-state index contributed by atoms with van der Waals surface area (Å²) in [5, 5.41) is 9.04. The van der Waals surface area contributed by atoms with E-state index in [-0.39, 0.29) is 16.2 Å². The molecule has 3 heteroatoms. The van der Waals surface area contributed by atoms with Crippen LogP contribution >= 0.6 is 15.9 Å². The van der Waals surface area contributed by atoms with Crippen LogP contribution in [0.3, 0.4) is 0 Å². The number of hydrogen-bond donors (Lipinski definition) is 1. The Morgan fingerprint density at radius 1 is 0.197 bits per heavy atom. The van der Waals surface area contributed by atoms with Crippen LogP contribution in [-0.4, -0.2) is 0 Å². The summed E-state index contributed by atoms with van der Waals surface area (Å²) in [4.78, 5) is 2.50. The smallest absolute Gasteiger partial charge is 0.0726 e. The SMILES string of the molecule is Brc1ccc2c(c1)C1(c3ccccc3-2)c2ccccc2-c2c1cc1c3c(cccc23)-c2ccccc2-1.CC1(C)c2ccccc2-c2ccc(N(c3ccc(-c4ccccc4)cc3)c3ccc4c(c3)C3(c5ccccc5-4)c4ccccc4-c4c3cc3c5c(cccc45)-c4ccccc4-3)cc21.CC1(C)c2ccccc2-c2ccc(Nc3ccc(-c4ccccc4)cc3)cc21. The molecule has 2 unspecified atom stereocenters. The van der Waals surface area contributed by atoms with Crippen molar-refractivity contribution < 1.29 is 0 Å². The Morgan fingerprint density at radius 3 is 0.969 bits per heavy atom. The van der Waals surface area contributed by atoms with Crippen molar-refractivity contribution in [3.8, 4) is 134 Å². The maximum Gasteiger partial charge on any atom is 0.0726 e. The van der Waals surface area contributed by atoms with Crippen LogP contribution in [0.5, 0.6) is 0 Å². The lowest BCUT2D eigenvalue weighted by molar-refractivity contribution is 0.660. The van der Waals surface area contributed by atoms with Crippen LogP contribution in [0.25, 0.3) is 155 Å². The number of rotatable bonds is 7. The summed E-state index contributed by atoms with van der Waals surface area (Å²) in [7, 11) is 0. The van der Waals surface area contributed by atoms with Crippen LogP contribution in [0, 0.1) is 0 Å². The predicted molar refractivity (Wildman–Crippen MR) is 534 cm³/mol. The van der Waals surface area contributed by atoms with E-state index in [4.69, 9.17) is 0 Å². The lowest BCUT2D eigenvalue weighted by Crippen LogP contribution is -2.26. The number of hydrogen-bond acceptors (Lipinski definition) is 2. The molecular formula is C124H83BrN2. The highest BCUT2D eigenvalue weighted by Gasteiger charge is 2.55. The Morgan fingerprint density at radius 2 is 0.504 bits per heavy atom. The van der Waals surface area contributed by atoms with Crippen molar-refractivity contribution in [1.82, 2.24) is 0 Å². The summed E-state index contributed by atoms with van der Waals surface area (Å²) >= 11 is 3.82. The van der Waals surface area contributed by atoms with E-state index in [2.05, 4.69) is 472 Å². The highest BCUT2D eigenvalue weighted by Crippen LogP contribution is 2.69. The first kappa shape index (κ1) is 73.5. The molecule has 127 heavy (non-hydrogen) atoms. The molecule has 8 aliphatic rings. The monoisotopic (exact) mass is 1680 g/mol. The van der Waals surface area contributed by atoms with Crippen LogP contribution in [0.1, 0.15) is 94.5 Å². The van der Waals surface area contributed by atoms with Crippen LogP contribution in [0.2, 0.25) is 0 Å².